The Kier molecular flexibility index (Phi) is 5.67. The van der Waals surface area contributed by atoms with Crippen LogP contribution in [-0.2, 0) is 0 Å². The van der Waals surface area contributed by atoms with E-state index in [-0.39, 0.29) is 0 Å². The molecule has 0 aliphatic rings. The first-order valence-corrected chi connectivity index (χ1v) is 6.08. The molecule has 0 saturated heterocycles. The van der Waals surface area contributed by atoms with Crippen molar-refractivity contribution in [1.82, 2.24) is 0 Å². The first-order chi connectivity index (χ1) is 6.29. The topological polar surface area (TPSA) is 0 Å². The number of hydrogen-bond donors (Lipinski definition) is 0. The Morgan fingerprint density at radius 1 is 0.857 bits per heavy atom. The van der Waals surface area contributed by atoms with E-state index < -0.39 is 0 Å². The number of rotatable bonds is 5. The van der Waals surface area contributed by atoms with Gasteiger partial charge in [0, 0.05) is 5.66 Å². The second kappa shape index (κ2) is 5.71. The highest BCUT2D eigenvalue weighted by atomic mass is 31.0. The molecule has 0 nitrogen and oxygen atoms in total. The van der Waals surface area contributed by atoms with Gasteiger partial charge in [0.05, 0.1) is 0 Å². The quantitative estimate of drug-likeness (QED) is 0.471. The van der Waals surface area contributed by atoms with Crippen LogP contribution in [0.4, 0.5) is 0 Å². The third kappa shape index (κ3) is 3.58. The van der Waals surface area contributed by atoms with Crippen LogP contribution in [0.1, 0.15) is 34.6 Å². The fourth-order valence-electron chi connectivity index (χ4n) is 1.46. The molecule has 0 radical (unpaired) electrons. The van der Waals surface area contributed by atoms with Gasteiger partial charge in [-0.3, -0.25) is 0 Å². The molecule has 0 aliphatic carbocycles. The normalized spacial score (nSPS) is 15.7. The molecular weight excluding hydrogens is 187 g/mol. The molecule has 0 aliphatic heterocycles. The zero-order chi connectivity index (χ0) is 11.5. The van der Waals surface area contributed by atoms with Gasteiger partial charge in [0.15, 0.2) is 0 Å². The van der Waals surface area contributed by atoms with Crippen LogP contribution in [0.3, 0.4) is 0 Å². The van der Waals surface area contributed by atoms with Crippen molar-refractivity contribution >= 4 is 9.24 Å². The van der Waals surface area contributed by atoms with E-state index in [0.29, 0.717) is 23.4 Å². The van der Waals surface area contributed by atoms with Gasteiger partial charge >= 0.3 is 0 Å². The summed E-state index contributed by atoms with van der Waals surface area (Å²) in [6, 6.07) is 0. The lowest BCUT2D eigenvalue weighted by molar-refractivity contribution is 0.564. The molecule has 0 bridgehead atoms. The summed E-state index contributed by atoms with van der Waals surface area (Å²) in [5, 5.41) is 0. The predicted molar refractivity (Wildman–Crippen MR) is 70.6 cm³/mol. The third-order valence-corrected chi connectivity index (χ3v) is 4.04. The Morgan fingerprint density at radius 2 is 1.21 bits per heavy atom. The van der Waals surface area contributed by atoms with Crippen LogP contribution in [0.5, 0.6) is 0 Å². The van der Waals surface area contributed by atoms with Gasteiger partial charge in [0.2, 0.25) is 0 Å². The molecular formula is C13H25P. The average Bonchev–Trinajstić information content (AvgIpc) is 2.12. The van der Waals surface area contributed by atoms with E-state index in [9.17, 15) is 0 Å². The molecule has 14 heavy (non-hydrogen) atoms. The van der Waals surface area contributed by atoms with E-state index >= 15 is 0 Å². The number of hydrogen-bond acceptors (Lipinski definition) is 0. The maximum absolute atomic E-state index is 4.16. The highest BCUT2D eigenvalue weighted by Gasteiger charge is 2.21. The lowest BCUT2D eigenvalue weighted by Gasteiger charge is -2.27. The van der Waals surface area contributed by atoms with Crippen LogP contribution in [-0.4, -0.2) is 5.66 Å². The third-order valence-electron chi connectivity index (χ3n) is 3.03. The number of allylic oxidation sites excluding steroid dienone is 2. The zero-order valence-corrected chi connectivity index (χ0v) is 11.5. The van der Waals surface area contributed by atoms with Crippen LogP contribution in [0.25, 0.3) is 0 Å². The van der Waals surface area contributed by atoms with Gasteiger partial charge in [-0.1, -0.05) is 58.9 Å². The van der Waals surface area contributed by atoms with Crippen molar-refractivity contribution < 1.29 is 0 Å². The van der Waals surface area contributed by atoms with E-state index in [0.717, 1.165) is 0 Å². The molecule has 3 atom stereocenters. The fraction of sp³-hybridized carbons (Fsp3) is 0.692. The summed E-state index contributed by atoms with van der Waals surface area (Å²) in [5.41, 5.74) is 3.10. The molecule has 0 heterocycles. The van der Waals surface area contributed by atoms with Gasteiger partial charge < -0.3 is 0 Å². The standard InChI is InChI=1S/C13H25P/c1-8(2)10(5)12(7)13(14)11(6)9(3)4/h8-9,12-13H,5-6,14H2,1-4,7H3. The van der Waals surface area contributed by atoms with Crippen LogP contribution < -0.4 is 0 Å². The van der Waals surface area contributed by atoms with E-state index in [1.54, 1.807) is 0 Å². The molecule has 1 heteroatoms. The Hall–Kier alpha value is -0.0900. The molecule has 0 N–H and O–H groups in total. The smallest absolute Gasteiger partial charge is 0.000684 e. The SMILES string of the molecule is C=C(C(C)C)C(C)C(P)C(=C)C(C)C. The van der Waals surface area contributed by atoms with Crippen molar-refractivity contribution in [3.05, 3.63) is 24.3 Å². The molecule has 0 saturated carbocycles. The molecule has 82 valence electrons. The minimum atomic E-state index is 0.463. The van der Waals surface area contributed by atoms with Gasteiger partial charge in [0.25, 0.3) is 0 Å². The zero-order valence-electron chi connectivity index (χ0n) is 10.3. The van der Waals surface area contributed by atoms with Crippen molar-refractivity contribution in [2.45, 2.75) is 40.3 Å². The van der Waals surface area contributed by atoms with Crippen molar-refractivity contribution in [3.8, 4) is 0 Å². The summed E-state index contributed by atoms with van der Waals surface area (Å²) in [4.78, 5) is 0. The van der Waals surface area contributed by atoms with Crippen LogP contribution in [0.2, 0.25) is 0 Å². The van der Waals surface area contributed by atoms with Crippen LogP contribution >= 0.6 is 9.24 Å². The molecule has 0 amide bonds. The first kappa shape index (κ1) is 13.9. The Labute approximate surface area is 92.1 Å². The van der Waals surface area contributed by atoms with Gasteiger partial charge in [-0.05, 0) is 17.8 Å². The van der Waals surface area contributed by atoms with Crippen LogP contribution in [0.15, 0.2) is 24.3 Å². The molecule has 0 fully saturated rings. The summed E-state index contributed by atoms with van der Waals surface area (Å²) in [7, 11) is 2.91. The minimum absolute atomic E-state index is 0.463. The van der Waals surface area contributed by atoms with Crippen LogP contribution in [0, 0.1) is 17.8 Å². The fourth-order valence-corrected chi connectivity index (χ4v) is 2.09. The summed E-state index contributed by atoms with van der Waals surface area (Å²) in [6.07, 6.45) is 0. The van der Waals surface area contributed by atoms with Crippen molar-refractivity contribution in [3.63, 3.8) is 0 Å². The summed E-state index contributed by atoms with van der Waals surface area (Å²) in [5.74, 6) is 1.63. The lowest BCUT2D eigenvalue weighted by Crippen LogP contribution is -2.20. The molecule has 0 spiro atoms. The summed E-state index contributed by atoms with van der Waals surface area (Å²) in [6.45, 7) is 19.4. The summed E-state index contributed by atoms with van der Waals surface area (Å²) >= 11 is 0. The molecule has 0 aromatic carbocycles. The maximum atomic E-state index is 4.16. The average molecular weight is 212 g/mol. The lowest BCUT2D eigenvalue weighted by atomic mass is 9.85. The monoisotopic (exact) mass is 212 g/mol. The highest BCUT2D eigenvalue weighted by Crippen LogP contribution is 2.32. The summed E-state index contributed by atoms with van der Waals surface area (Å²) < 4.78 is 0. The van der Waals surface area contributed by atoms with E-state index in [1.165, 1.54) is 11.1 Å². The maximum Gasteiger partial charge on any atom is 0.000684 e. The highest BCUT2D eigenvalue weighted by molar-refractivity contribution is 7.18. The molecule has 0 rings (SSSR count). The second-order valence-corrected chi connectivity index (χ2v) is 5.49. The van der Waals surface area contributed by atoms with Gasteiger partial charge in [0.1, 0.15) is 0 Å². The second-order valence-electron chi connectivity index (χ2n) is 4.77. The first-order valence-electron chi connectivity index (χ1n) is 5.42. The molecule has 0 aromatic heterocycles. The van der Waals surface area contributed by atoms with Crippen molar-refractivity contribution in [1.29, 1.82) is 0 Å². The van der Waals surface area contributed by atoms with Crippen molar-refractivity contribution in [2.24, 2.45) is 17.8 Å². The largest absolute Gasteiger partial charge is 0.129 e. The van der Waals surface area contributed by atoms with Gasteiger partial charge in [-0.2, -0.15) is 0 Å². The van der Waals surface area contributed by atoms with Gasteiger partial charge in [-0.15, -0.1) is 9.24 Å². The Morgan fingerprint density at radius 3 is 1.50 bits per heavy atom. The van der Waals surface area contributed by atoms with Crippen molar-refractivity contribution in [2.75, 3.05) is 0 Å². The van der Waals surface area contributed by atoms with Gasteiger partial charge in [-0.25, -0.2) is 0 Å². The van der Waals surface area contributed by atoms with E-state index in [4.69, 9.17) is 0 Å². The van der Waals surface area contributed by atoms with E-state index in [2.05, 4.69) is 57.0 Å². The minimum Gasteiger partial charge on any atom is -0.129 e. The van der Waals surface area contributed by atoms with E-state index in [1.807, 2.05) is 0 Å². The Bertz CT molecular complexity index is 189. The molecule has 3 unspecified atom stereocenters. The molecule has 0 aromatic rings. The Balaban J connectivity index is 4.46. The predicted octanol–water partition coefficient (Wildman–Crippen LogP) is 4.29.